The number of pyridine rings is 2. The first-order valence-corrected chi connectivity index (χ1v) is 18.1. The summed E-state index contributed by atoms with van der Waals surface area (Å²) in [6.45, 7) is 21.9. The molecule has 0 atom stereocenters. The topological polar surface area (TPSA) is 44.0 Å². The van der Waals surface area contributed by atoms with E-state index in [-0.39, 0.29) is 10.9 Å². The highest BCUT2D eigenvalue weighted by Gasteiger charge is 2.21. The number of hydrogen-bond acceptors (Lipinski definition) is 2. The van der Waals surface area contributed by atoms with Crippen molar-refractivity contribution in [3.8, 4) is 11.4 Å². The molecule has 0 saturated carbocycles. The maximum absolute atomic E-state index is 14.6. The number of nitrogens with zero attached hydrogens (tertiary/aromatic N) is 2. The fraction of sp³-hybridized carbons (Fsp3) is 0.304. The molecule has 7 aromatic rings. The quantitative estimate of drug-likeness (QED) is 0.167. The Hall–Kier alpha value is -4.96. The Labute approximate surface area is 295 Å². The predicted molar refractivity (Wildman–Crippen MR) is 213 cm³/mol. The predicted octanol–water partition coefficient (Wildman–Crippen LogP) is 11.7. The van der Waals surface area contributed by atoms with E-state index in [1.165, 1.54) is 22.3 Å². The zero-order valence-corrected chi connectivity index (χ0v) is 31.1. The van der Waals surface area contributed by atoms with Crippen molar-refractivity contribution >= 4 is 43.6 Å². The molecule has 0 spiro atoms. The molecule has 2 heterocycles. The maximum Gasteiger partial charge on any atom is 0.197 e. The van der Waals surface area contributed by atoms with Crippen molar-refractivity contribution in [2.24, 2.45) is 0 Å². The zero-order valence-electron chi connectivity index (χ0n) is 31.1. The second-order valence-electron chi connectivity index (χ2n) is 15.6. The summed E-state index contributed by atoms with van der Waals surface area (Å²) in [5.41, 5.74) is 12.3. The Morgan fingerprint density at radius 3 is 0.980 bits per heavy atom. The summed E-state index contributed by atoms with van der Waals surface area (Å²) < 4.78 is 4.44. The molecule has 0 saturated heterocycles. The lowest BCUT2D eigenvalue weighted by molar-refractivity contribution is 0.830. The van der Waals surface area contributed by atoms with Gasteiger partial charge < -0.3 is 9.13 Å². The molecule has 0 N–H and O–H groups in total. The van der Waals surface area contributed by atoms with E-state index in [2.05, 4.69) is 127 Å². The van der Waals surface area contributed by atoms with Gasteiger partial charge in [0.25, 0.3) is 0 Å². The molecule has 4 nitrogen and oxygen atoms in total. The Morgan fingerprint density at radius 2 is 0.680 bits per heavy atom. The molecular formula is C46H48N2O2. The lowest BCUT2D eigenvalue weighted by Crippen LogP contribution is -2.15. The monoisotopic (exact) mass is 660 g/mol. The van der Waals surface area contributed by atoms with Crippen LogP contribution >= 0.6 is 0 Å². The van der Waals surface area contributed by atoms with E-state index in [4.69, 9.17) is 0 Å². The van der Waals surface area contributed by atoms with Gasteiger partial charge in [-0.25, -0.2) is 0 Å². The van der Waals surface area contributed by atoms with Crippen LogP contribution in [0.25, 0.3) is 55.0 Å². The SMILES string of the molecule is Cc1ccc2c(=O)c3cc4c(cc3n(-c3cc(C(C)C)cc(C(C)C)c3)c2c1)c(=O)c1ccc(C)cc1n4-c1cc(C(C)C)cc(C(C)C)c1. The average molecular weight is 661 g/mol. The molecule has 5 aromatic carbocycles. The van der Waals surface area contributed by atoms with Gasteiger partial charge in [0, 0.05) is 32.9 Å². The van der Waals surface area contributed by atoms with Crippen LogP contribution in [0.4, 0.5) is 0 Å². The molecule has 7 rings (SSSR count). The van der Waals surface area contributed by atoms with Crippen LogP contribution in [0.2, 0.25) is 0 Å². The summed E-state index contributed by atoms with van der Waals surface area (Å²) in [5.74, 6) is 1.30. The molecule has 0 aliphatic heterocycles. The smallest absolute Gasteiger partial charge is 0.197 e. The van der Waals surface area contributed by atoms with Gasteiger partial charge >= 0.3 is 0 Å². The van der Waals surface area contributed by atoms with Crippen LogP contribution in [0.15, 0.2) is 94.5 Å². The van der Waals surface area contributed by atoms with Crippen LogP contribution in [0.1, 0.15) is 112 Å². The summed E-state index contributed by atoms with van der Waals surface area (Å²) in [7, 11) is 0. The van der Waals surface area contributed by atoms with Gasteiger partial charge in [0.05, 0.1) is 22.1 Å². The summed E-state index contributed by atoms with van der Waals surface area (Å²) in [6, 6.07) is 29.7. The number of rotatable bonds is 6. The Kier molecular flexibility index (Phi) is 8.33. The van der Waals surface area contributed by atoms with Gasteiger partial charge in [-0.2, -0.15) is 0 Å². The minimum atomic E-state index is -0.0283. The van der Waals surface area contributed by atoms with Crippen molar-refractivity contribution in [3.05, 3.63) is 139 Å². The number of fused-ring (bicyclic) bond motifs is 4. The van der Waals surface area contributed by atoms with E-state index >= 15 is 0 Å². The molecule has 0 unspecified atom stereocenters. The highest BCUT2D eigenvalue weighted by molar-refractivity contribution is 6.05. The Bertz CT molecular complexity index is 2380. The first-order chi connectivity index (χ1) is 23.7. The molecular weight excluding hydrogens is 613 g/mol. The number of aromatic nitrogens is 2. The van der Waals surface area contributed by atoms with Crippen LogP contribution < -0.4 is 10.9 Å². The van der Waals surface area contributed by atoms with Crippen LogP contribution in [-0.2, 0) is 0 Å². The summed E-state index contributed by atoms with van der Waals surface area (Å²) in [5, 5.41) is 2.52. The normalized spacial score (nSPS) is 12.3. The molecule has 0 aliphatic rings. The standard InChI is InChI=1S/C46H48N2O2/c1-25(2)31-17-32(26(3)4)20-35(19-31)47-41-15-29(9)11-13-37(41)45(49)39-24-44-40(23-43(39)47)46(50)38-14-12-30(10)16-42(38)48(44)36-21-33(27(5)6)18-34(22-36)28(7)8/h11-28H,1-10H3. The van der Waals surface area contributed by atoms with Gasteiger partial charge in [-0.05, 0) is 132 Å². The fourth-order valence-electron chi connectivity index (χ4n) is 7.36. The molecule has 0 fully saturated rings. The van der Waals surface area contributed by atoms with E-state index in [0.29, 0.717) is 45.2 Å². The van der Waals surface area contributed by atoms with Crippen LogP contribution in [-0.4, -0.2) is 9.13 Å². The highest BCUT2D eigenvalue weighted by Crippen LogP contribution is 2.35. The van der Waals surface area contributed by atoms with Crippen molar-refractivity contribution in [1.82, 2.24) is 9.13 Å². The third-order valence-electron chi connectivity index (χ3n) is 10.5. The van der Waals surface area contributed by atoms with E-state index in [1.807, 2.05) is 36.4 Å². The highest BCUT2D eigenvalue weighted by atomic mass is 16.1. The Morgan fingerprint density at radius 1 is 0.380 bits per heavy atom. The number of benzene rings is 5. The van der Waals surface area contributed by atoms with Crippen molar-refractivity contribution in [2.75, 3.05) is 0 Å². The fourth-order valence-corrected chi connectivity index (χ4v) is 7.36. The maximum atomic E-state index is 14.6. The minimum Gasteiger partial charge on any atom is -0.309 e. The summed E-state index contributed by atoms with van der Waals surface area (Å²) in [4.78, 5) is 29.2. The van der Waals surface area contributed by atoms with Crippen molar-refractivity contribution in [1.29, 1.82) is 0 Å². The summed E-state index contributed by atoms with van der Waals surface area (Å²) in [6.07, 6.45) is 0. The first kappa shape index (κ1) is 33.5. The number of aryl methyl sites for hydroxylation is 2. The van der Waals surface area contributed by atoms with Gasteiger partial charge in [0.2, 0.25) is 0 Å². The Balaban J connectivity index is 1.72. The van der Waals surface area contributed by atoms with Gasteiger partial charge in [0.1, 0.15) is 0 Å². The van der Waals surface area contributed by atoms with Crippen molar-refractivity contribution < 1.29 is 0 Å². The molecule has 0 amide bonds. The first-order valence-electron chi connectivity index (χ1n) is 18.1. The van der Waals surface area contributed by atoms with Crippen LogP contribution in [0.5, 0.6) is 0 Å². The third kappa shape index (κ3) is 5.55. The lowest BCUT2D eigenvalue weighted by atomic mass is 9.94. The molecule has 2 aromatic heterocycles. The zero-order chi connectivity index (χ0) is 35.8. The van der Waals surface area contributed by atoms with E-state index in [0.717, 1.165) is 44.6 Å². The molecule has 0 aliphatic carbocycles. The number of hydrogen-bond donors (Lipinski definition) is 0. The average Bonchev–Trinajstić information content (AvgIpc) is 3.07. The van der Waals surface area contributed by atoms with E-state index < -0.39 is 0 Å². The molecule has 50 heavy (non-hydrogen) atoms. The lowest BCUT2D eigenvalue weighted by Gasteiger charge is -2.22. The van der Waals surface area contributed by atoms with Gasteiger partial charge in [-0.3, -0.25) is 9.59 Å². The largest absolute Gasteiger partial charge is 0.309 e. The van der Waals surface area contributed by atoms with E-state index in [9.17, 15) is 9.59 Å². The molecule has 254 valence electrons. The molecule has 4 heteroatoms. The van der Waals surface area contributed by atoms with Crippen LogP contribution in [0.3, 0.4) is 0 Å². The second kappa shape index (κ2) is 12.4. The van der Waals surface area contributed by atoms with E-state index in [1.54, 1.807) is 0 Å². The van der Waals surface area contributed by atoms with Crippen molar-refractivity contribution in [2.45, 2.75) is 92.9 Å². The van der Waals surface area contributed by atoms with Gasteiger partial charge in [0.15, 0.2) is 10.9 Å². The summed E-state index contributed by atoms with van der Waals surface area (Å²) >= 11 is 0. The van der Waals surface area contributed by atoms with Gasteiger partial charge in [-0.15, -0.1) is 0 Å². The molecule has 0 bridgehead atoms. The third-order valence-corrected chi connectivity index (χ3v) is 10.5. The minimum absolute atomic E-state index is 0.0283. The van der Waals surface area contributed by atoms with Crippen LogP contribution in [0, 0.1) is 13.8 Å². The molecule has 0 radical (unpaired) electrons. The van der Waals surface area contributed by atoms with Crippen molar-refractivity contribution in [3.63, 3.8) is 0 Å². The second-order valence-corrected chi connectivity index (χ2v) is 15.6. The van der Waals surface area contributed by atoms with Gasteiger partial charge in [-0.1, -0.05) is 79.7 Å².